The van der Waals surface area contributed by atoms with Crippen molar-refractivity contribution < 1.29 is 4.74 Å². The van der Waals surface area contributed by atoms with Crippen LogP contribution in [0.2, 0.25) is 0 Å². The maximum atomic E-state index is 6.00. The number of hydrogen-bond donors (Lipinski definition) is 2. The molecule has 1 fully saturated rings. The Hall–Kier alpha value is -1.61. The molecule has 0 bridgehead atoms. The van der Waals surface area contributed by atoms with E-state index in [2.05, 4.69) is 51.4 Å². The largest absolute Gasteiger partial charge is 0.378 e. The molecule has 0 aliphatic heterocycles. The molecule has 0 spiro atoms. The normalized spacial score (nSPS) is 14.9. The summed E-state index contributed by atoms with van der Waals surface area (Å²) in [7, 11) is 0. The lowest BCUT2D eigenvalue weighted by atomic mass is 9.98. The summed E-state index contributed by atoms with van der Waals surface area (Å²) >= 11 is 0. The van der Waals surface area contributed by atoms with Gasteiger partial charge in [0.15, 0.2) is 5.96 Å². The molecule has 166 valence electrons. The number of aromatic nitrogens is 2. The highest BCUT2D eigenvalue weighted by molar-refractivity contribution is 14.0. The van der Waals surface area contributed by atoms with Crippen molar-refractivity contribution in [2.24, 2.45) is 4.99 Å². The average Bonchev–Trinajstić information content (AvgIpc) is 3.26. The maximum Gasteiger partial charge on any atom is 0.191 e. The number of aliphatic imine (C=N–C) groups is 1. The zero-order valence-electron chi connectivity index (χ0n) is 18.1. The van der Waals surface area contributed by atoms with E-state index in [1.54, 1.807) is 0 Å². The predicted molar refractivity (Wildman–Crippen MR) is 133 cm³/mol. The molecule has 1 heterocycles. The van der Waals surface area contributed by atoms with E-state index in [-0.39, 0.29) is 24.0 Å². The van der Waals surface area contributed by atoms with Crippen LogP contribution in [0.1, 0.15) is 56.6 Å². The first-order valence-electron chi connectivity index (χ1n) is 11.0. The van der Waals surface area contributed by atoms with E-state index in [9.17, 15) is 0 Å². The third-order valence-electron chi connectivity index (χ3n) is 5.20. The van der Waals surface area contributed by atoms with E-state index in [4.69, 9.17) is 9.73 Å². The number of halogens is 1. The minimum atomic E-state index is 0. The van der Waals surface area contributed by atoms with Crippen LogP contribution >= 0.6 is 24.0 Å². The Morgan fingerprint density at radius 2 is 2.03 bits per heavy atom. The van der Waals surface area contributed by atoms with Gasteiger partial charge in [-0.25, -0.2) is 9.98 Å². The van der Waals surface area contributed by atoms with E-state index < -0.39 is 0 Å². The molecule has 0 saturated heterocycles. The molecule has 6 nitrogen and oxygen atoms in total. The van der Waals surface area contributed by atoms with Crippen LogP contribution in [0.3, 0.4) is 0 Å². The number of imidazole rings is 1. The SMILES string of the molecule is CCNC(=NCc1cccc(Cn2ccnc2)c1)NCCCOC1CCCCC1.I. The van der Waals surface area contributed by atoms with Crippen LogP contribution in [-0.2, 0) is 17.8 Å². The molecular weight excluding hydrogens is 489 g/mol. The van der Waals surface area contributed by atoms with Crippen molar-refractivity contribution in [3.8, 4) is 0 Å². The monoisotopic (exact) mass is 525 g/mol. The van der Waals surface area contributed by atoms with Gasteiger partial charge in [0.2, 0.25) is 0 Å². The molecule has 0 amide bonds. The van der Waals surface area contributed by atoms with Crippen LogP contribution < -0.4 is 10.6 Å². The van der Waals surface area contributed by atoms with Crippen molar-refractivity contribution >= 4 is 29.9 Å². The number of ether oxygens (including phenoxy) is 1. The minimum absolute atomic E-state index is 0. The summed E-state index contributed by atoms with van der Waals surface area (Å²) in [6.45, 7) is 6.13. The molecular formula is C23H36IN5O. The standard InChI is InChI=1S/C23H35N5O.HI/c1-2-25-23(26-12-7-15-29-22-10-4-3-5-11-22)27-17-20-8-6-9-21(16-20)18-28-14-13-24-19-28;/h6,8-9,13-14,16,19,22H,2-5,7,10-12,15,17-18H2,1H3,(H2,25,26,27);1H. The smallest absolute Gasteiger partial charge is 0.191 e. The summed E-state index contributed by atoms with van der Waals surface area (Å²) in [6, 6.07) is 8.58. The van der Waals surface area contributed by atoms with Gasteiger partial charge in [-0.1, -0.05) is 43.5 Å². The first-order valence-corrected chi connectivity index (χ1v) is 11.0. The molecule has 0 radical (unpaired) electrons. The van der Waals surface area contributed by atoms with Crippen LogP contribution in [0, 0.1) is 0 Å². The third-order valence-corrected chi connectivity index (χ3v) is 5.20. The summed E-state index contributed by atoms with van der Waals surface area (Å²) in [5, 5.41) is 6.76. The summed E-state index contributed by atoms with van der Waals surface area (Å²) in [5.41, 5.74) is 2.47. The minimum Gasteiger partial charge on any atom is -0.378 e. The molecule has 1 aromatic carbocycles. The molecule has 1 aliphatic rings. The van der Waals surface area contributed by atoms with Gasteiger partial charge < -0.3 is 19.9 Å². The van der Waals surface area contributed by atoms with Crippen LogP contribution in [0.4, 0.5) is 0 Å². The first kappa shape index (κ1) is 24.7. The number of nitrogens with one attached hydrogen (secondary N) is 2. The second-order valence-electron chi connectivity index (χ2n) is 7.66. The Balaban J connectivity index is 0.00000320. The highest BCUT2D eigenvalue weighted by Crippen LogP contribution is 2.20. The lowest BCUT2D eigenvalue weighted by molar-refractivity contribution is 0.0277. The lowest BCUT2D eigenvalue weighted by Crippen LogP contribution is -2.38. The maximum absolute atomic E-state index is 6.00. The van der Waals surface area contributed by atoms with Gasteiger partial charge in [0.05, 0.1) is 19.0 Å². The van der Waals surface area contributed by atoms with Gasteiger partial charge in [0.1, 0.15) is 0 Å². The Morgan fingerprint density at radius 1 is 1.20 bits per heavy atom. The summed E-state index contributed by atoms with van der Waals surface area (Å²) in [5.74, 6) is 0.866. The number of guanidine groups is 1. The van der Waals surface area contributed by atoms with E-state index >= 15 is 0 Å². The van der Waals surface area contributed by atoms with Crippen molar-refractivity contribution in [3.63, 3.8) is 0 Å². The van der Waals surface area contributed by atoms with E-state index in [1.807, 2.05) is 18.7 Å². The molecule has 2 aromatic rings. The van der Waals surface area contributed by atoms with Crippen LogP contribution in [0.15, 0.2) is 48.0 Å². The average molecular weight is 525 g/mol. The zero-order chi connectivity index (χ0) is 20.2. The fraction of sp³-hybridized carbons (Fsp3) is 0.565. The van der Waals surface area contributed by atoms with Gasteiger partial charge in [-0.3, -0.25) is 0 Å². The van der Waals surface area contributed by atoms with Crippen LogP contribution in [0.5, 0.6) is 0 Å². The summed E-state index contributed by atoms with van der Waals surface area (Å²) in [6.07, 6.45) is 13.6. The highest BCUT2D eigenvalue weighted by Gasteiger charge is 2.12. The molecule has 0 atom stereocenters. The molecule has 0 unspecified atom stereocenters. The third kappa shape index (κ3) is 9.04. The van der Waals surface area contributed by atoms with Gasteiger partial charge in [-0.2, -0.15) is 0 Å². The molecule has 1 saturated carbocycles. The van der Waals surface area contributed by atoms with E-state index in [1.165, 1.54) is 43.2 Å². The number of hydrogen-bond acceptors (Lipinski definition) is 3. The zero-order valence-corrected chi connectivity index (χ0v) is 20.4. The van der Waals surface area contributed by atoms with Crippen molar-refractivity contribution in [3.05, 3.63) is 54.1 Å². The fourth-order valence-electron chi connectivity index (χ4n) is 3.69. The number of benzene rings is 1. The van der Waals surface area contributed by atoms with Gasteiger partial charge >= 0.3 is 0 Å². The van der Waals surface area contributed by atoms with Crippen molar-refractivity contribution in [1.82, 2.24) is 20.2 Å². The molecule has 1 aromatic heterocycles. The second kappa shape index (κ2) is 14.4. The molecule has 30 heavy (non-hydrogen) atoms. The van der Waals surface area contributed by atoms with Gasteiger partial charge in [0, 0.05) is 38.6 Å². The van der Waals surface area contributed by atoms with E-state index in [0.29, 0.717) is 12.6 Å². The lowest BCUT2D eigenvalue weighted by Gasteiger charge is -2.22. The topological polar surface area (TPSA) is 63.5 Å². The fourth-order valence-corrected chi connectivity index (χ4v) is 3.69. The Kier molecular flexibility index (Phi) is 11.8. The second-order valence-corrected chi connectivity index (χ2v) is 7.66. The Morgan fingerprint density at radius 3 is 2.80 bits per heavy atom. The summed E-state index contributed by atoms with van der Waals surface area (Å²) in [4.78, 5) is 8.85. The number of rotatable bonds is 10. The predicted octanol–water partition coefficient (Wildman–Crippen LogP) is 4.34. The van der Waals surface area contributed by atoms with Crippen molar-refractivity contribution in [1.29, 1.82) is 0 Å². The summed E-state index contributed by atoms with van der Waals surface area (Å²) < 4.78 is 8.08. The quantitative estimate of drug-likeness (QED) is 0.210. The van der Waals surface area contributed by atoms with E-state index in [0.717, 1.165) is 38.6 Å². The molecule has 7 heteroatoms. The Labute approximate surface area is 197 Å². The molecule has 2 N–H and O–H groups in total. The molecule has 3 rings (SSSR count). The van der Waals surface area contributed by atoms with Crippen LogP contribution in [-0.4, -0.2) is 41.3 Å². The van der Waals surface area contributed by atoms with Crippen molar-refractivity contribution in [2.45, 2.75) is 64.6 Å². The first-order chi connectivity index (χ1) is 14.3. The van der Waals surface area contributed by atoms with Gasteiger partial charge in [-0.05, 0) is 37.3 Å². The number of nitrogens with zero attached hydrogens (tertiary/aromatic N) is 3. The molecule has 1 aliphatic carbocycles. The van der Waals surface area contributed by atoms with Crippen molar-refractivity contribution in [2.75, 3.05) is 19.7 Å². The van der Waals surface area contributed by atoms with Gasteiger partial charge in [-0.15, -0.1) is 24.0 Å². The van der Waals surface area contributed by atoms with Crippen LogP contribution in [0.25, 0.3) is 0 Å². The highest BCUT2D eigenvalue weighted by atomic mass is 127. The van der Waals surface area contributed by atoms with Gasteiger partial charge in [0.25, 0.3) is 0 Å². The Bertz CT molecular complexity index is 729.